The summed E-state index contributed by atoms with van der Waals surface area (Å²) >= 11 is 0. The molecule has 1 aromatic carbocycles. The number of benzene rings is 1. The molecular formula is C12H14O2. The highest BCUT2D eigenvalue weighted by molar-refractivity contribution is 5.68. The van der Waals surface area contributed by atoms with E-state index < -0.39 is 0 Å². The van der Waals surface area contributed by atoms with Gasteiger partial charge in [-0.05, 0) is 23.3 Å². The lowest BCUT2D eigenvalue weighted by Crippen LogP contribution is -1.92. The Morgan fingerprint density at radius 1 is 0.929 bits per heavy atom. The first-order chi connectivity index (χ1) is 6.76. The molecule has 0 aliphatic carbocycles. The van der Waals surface area contributed by atoms with Crippen molar-refractivity contribution in [2.75, 3.05) is 14.2 Å². The second-order valence-corrected chi connectivity index (χ2v) is 2.74. The second kappa shape index (κ2) is 4.51. The summed E-state index contributed by atoms with van der Waals surface area (Å²) in [4.78, 5) is 0. The fourth-order valence-corrected chi connectivity index (χ4v) is 1.26. The van der Waals surface area contributed by atoms with E-state index in [1.54, 1.807) is 26.4 Å². The highest BCUT2D eigenvalue weighted by atomic mass is 16.5. The Labute approximate surface area is 84.5 Å². The molecule has 2 nitrogen and oxygen atoms in total. The molecule has 0 aromatic heterocycles. The van der Waals surface area contributed by atoms with Gasteiger partial charge in [-0.3, -0.25) is 0 Å². The maximum atomic E-state index is 5.17. The first-order valence-corrected chi connectivity index (χ1v) is 4.27. The Morgan fingerprint density at radius 3 is 1.50 bits per heavy atom. The van der Waals surface area contributed by atoms with E-state index in [1.165, 1.54) is 0 Å². The van der Waals surface area contributed by atoms with Crippen molar-refractivity contribution in [3.05, 3.63) is 36.4 Å². The third-order valence-corrected chi connectivity index (χ3v) is 2.03. The van der Waals surface area contributed by atoms with Gasteiger partial charge in [0.05, 0.1) is 14.2 Å². The van der Waals surface area contributed by atoms with Crippen LogP contribution in [0.5, 0.6) is 11.5 Å². The average molecular weight is 190 g/mol. The number of hydrogen-bond acceptors (Lipinski definition) is 2. The van der Waals surface area contributed by atoms with Crippen LogP contribution in [-0.4, -0.2) is 14.2 Å². The van der Waals surface area contributed by atoms with Gasteiger partial charge in [0.1, 0.15) is 0 Å². The van der Waals surface area contributed by atoms with Gasteiger partial charge in [-0.1, -0.05) is 25.3 Å². The standard InChI is InChI=1S/C12H14O2/c1-5-9-7-11(13-3)12(14-4)8-10(9)6-2/h5-8H,1-2H2,3-4H3. The lowest BCUT2D eigenvalue weighted by atomic mass is 10.1. The Balaban J connectivity index is 3.34. The molecule has 0 saturated heterocycles. The van der Waals surface area contributed by atoms with E-state index in [4.69, 9.17) is 9.47 Å². The molecule has 0 aliphatic rings. The molecule has 1 aromatic rings. The summed E-state index contributed by atoms with van der Waals surface area (Å²) in [5, 5.41) is 0. The lowest BCUT2D eigenvalue weighted by Gasteiger charge is -2.10. The van der Waals surface area contributed by atoms with E-state index in [-0.39, 0.29) is 0 Å². The molecular weight excluding hydrogens is 176 g/mol. The van der Waals surface area contributed by atoms with Gasteiger partial charge < -0.3 is 9.47 Å². The second-order valence-electron chi connectivity index (χ2n) is 2.74. The van der Waals surface area contributed by atoms with Crippen LogP contribution in [0.25, 0.3) is 12.2 Å². The molecule has 0 unspecified atom stereocenters. The lowest BCUT2D eigenvalue weighted by molar-refractivity contribution is 0.355. The van der Waals surface area contributed by atoms with E-state index in [2.05, 4.69) is 13.2 Å². The number of rotatable bonds is 4. The Kier molecular flexibility index (Phi) is 3.35. The summed E-state index contributed by atoms with van der Waals surface area (Å²) in [7, 11) is 3.22. The van der Waals surface area contributed by atoms with E-state index >= 15 is 0 Å². The quantitative estimate of drug-likeness (QED) is 0.726. The number of hydrogen-bond donors (Lipinski definition) is 0. The van der Waals surface area contributed by atoms with Crippen molar-refractivity contribution in [2.24, 2.45) is 0 Å². The van der Waals surface area contributed by atoms with E-state index in [0.29, 0.717) is 11.5 Å². The van der Waals surface area contributed by atoms with Gasteiger partial charge in [0.25, 0.3) is 0 Å². The predicted molar refractivity (Wildman–Crippen MR) is 59.7 cm³/mol. The highest BCUT2D eigenvalue weighted by Crippen LogP contribution is 2.31. The fraction of sp³-hybridized carbons (Fsp3) is 0.167. The molecule has 0 saturated carbocycles. The molecule has 74 valence electrons. The summed E-state index contributed by atoms with van der Waals surface area (Å²) in [6.45, 7) is 7.45. The zero-order valence-electron chi connectivity index (χ0n) is 8.54. The minimum atomic E-state index is 0.702. The normalized spacial score (nSPS) is 9.29. The van der Waals surface area contributed by atoms with Crippen molar-refractivity contribution in [2.45, 2.75) is 0 Å². The molecule has 1 rings (SSSR count). The summed E-state index contributed by atoms with van der Waals surface area (Å²) in [6.07, 6.45) is 3.53. The Bertz CT molecular complexity index is 319. The van der Waals surface area contributed by atoms with Gasteiger partial charge in [-0.15, -0.1) is 0 Å². The molecule has 0 amide bonds. The third-order valence-electron chi connectivity index (χ3n) is 2.03. The van der Waals surface area contributed by atoms with Crippen LogP contribution in [0, 0.1) is 0 Å². The highest BCUT2D eigenvalue weighted by Gasteiger charge is 2.06. The van der Waals surface area contributed by atoms with E-state index in [0.717, 1.165) is 11.1 Å². The van der Waals surface area contributed by atoms with Crippen LogP contribution in [0.1, 0.15) is 11.1 Å². The molecule has 0 atom stereocenters. The van der Waals surface area contributed by atoms with Crippen LogP contribution >= 0.6 is 0 Å². The zero-order chi connectivity index (χ0) is 10.6. The van der Waals surface area contributed by atoms with Crippen LogP contribution < -0.4 is 9.47 Å². The summed E-state index contributed by atoms with van der Waals surface area (Å²) in [6, 6.07) is 3.76. The molecule has 0 N–H and O–H groups in total. The summed E-state index contributed by atoms with van der Waals surface area (Å²) in [5.74, 6) is 1.40. The molecule has 0 fully saturated rings. The topological polar surface area (TPSA) is 18.5 Å². The minimum Gasteiger partial charge on any atom is -0.493 e. The van der Waals surface area contributed by atoms with Crippen molar-refractivity contribution in [1.82, 2.24) is 0 Å². The van der Waals surface area contributed by atoms with Crippen LogP contribution in [0.4, 0.5) is 0 Å². The van der Waals surface area contributed by atoms with E-state index in [1.807, 2.05) is 12.1 Å². The van der Waals surface area contributed by atoms with Gasteiger partial charge >= 0.3 is 0 Å². The van der Waals surface area contributed by atoms with Gasteiger partial charge in [-0.2, -0.15) is 0 Å². The average Bonchev–Trinajstić information content (AvgIpc) is 2.26. The number of methoxy groups -OCH3 is 2. The molecule has 0 heterocycles. The minimum absolute atomic E-state index is 0.702. The molecule has 0 bridgehead atoms. The first kappa shape index (κ1) is 10.4. The maximum Gasteiger partial charge on any atom is 0.161 e. The zero-order valence-corrected chi connectivity index (χ0v) is 8.54. The van der Waals surface area contributed by atoms with Crippen LogP contribution in [0.3, 0.4) is 0 Å². The molecule has 0 radical (unpaired) electrons. The smallest absolute Gasteiger partial charge is 0.161 e. The molecule has 14 heavy (non-hydrogen) atoms. The maximum absolute atomic E-state index is 5.17. The van der Waals surface area contributed by atoms with Gasteiger partial charge in [0.15, 0.2) is 11.5 Å². The van der Waals surface area contributed by atoms with Gasteiger partial charge in [0, 0.05) is 0 Å². The third kappa shape index (κ3) is 1.79. The largest absolute Gasteiger partial charge is 0.493 e. The summed E-state index contributed by atoms with van der Waals surface area (Å²) in [5.41, 5.74) is 1.97. The molecule has 0 spiro atoms. The Morgan fingerprint density at radius 2 is 1.29 bits per heavy atom. The Hall–Kier alpha value is -1.70. The summed E-state index contributed by atoms with van der Waals surface area (Å²) < 4.78 is 10.3. The van der Waals surface area contributed by atoms with Gasteiger partial charge in [0.2, 0.25) is 0 Å². The van der Waals surface area contributed by atoms with Gasteiger partial charge in [-0.25, -0.2) is 0 Å². The van der Waals surface area contributed by atoms with Crippen LogP contribution in [-0.2, 0) is 0 Å². The van der Waals surface area contributed by atoms with Crippen molar-refractivity contribution in [1.29, 1.82) is 0 Å². The van der Waals surface area contributed by atoms with Crippen molar-refractivity contribution in [3.8, 4) is 11.5 Å². The number of ether oxygens (including phenoxy) is 2. The SMILES string of the molecule is C=Cc1cc(OC)c(OC)cc1C=C. The molecule has 2 heteroatoms. The van der Waals surface area contributed by atoms with E-state index in [9.17, 15) is 0 Å². The van der Waals surface area contributed by atoms with Crippen molar-refractivity contribution in [3.63, 3.8) is 0 Å². The molecule has 0 aliphatic heterocycles. The van der Waals surface area contributed by atoms with Crippen LogP contribution in [0.15, 0.2) is 25.3 Å². The van der Waals surface area contributed by atoms with Crippen molar-refractivity contribution >= 4 is 12.2 Å². The van der Waals surface area contributed by atoms with Crippen LogP contribution in [0.2, 0.25) is 0 Å². The first-order valence-electron chi connectivity index (χ1n) is 4.27. The predicted octanol–water partition coefficient (Wildman–Crippen LogP) is 2.99. The fourth-order valence-electron chi connectivity index (χ4n) is 1.26. The monoisotopic (exact) mass is 190 g/mol. The van der Waals surface area contributed by atoms with Crippen molar-refractivity contribution < 1.29 is 9.47 Å².